The Morgan fingerprint density at radius 2 is 1.70 bits per heavy atom. The molecular formula is C20H26N4O5S. The van der Waals surface area contributed by atoms with E-state index >= 15 is 0 Å². The molecule has 10 heteroatoms. The normalized spacial score (nSPS) is 14.2. The van der Waals surface area contributed by atoms with Crippen LogP contribution in [0.25, 0.3) is 0 Å². The Kier molecular flexibility index (Phi) is 6.76. The lowest BCUT2D eigenvalue weighted by Crippen LogP contribution is -2.47. The largest absolute Gasteiger partial charge is 0.493 e. The number of amides is 2. The predicted octanol–water partition coefficient (Wildman–Crippen LogP) is 2.83. The number of hydrogen-bond donors (Lipinski definition) is 2. The molecule has 2 amide bonds. The highest BCUT2D eigenvalue weighted by molar-refractivity contribution is 7.15. The Hall–Kier alpha value is -2.88. The number of aromatic nitrogens is 2. The number of anilines is 1. The molecule has 1 aromatic carbocycles. The van der Waals surface area contributed by atoms with Crippen molar-refractivity contribution in [3.05, 3.63) is 22.7 Å². The lowest BCUT2D eigenvalue weighted by atomic mass is 10.0. The van der Waals surface area contributed by atoms with Gasteiger partial charge in [0.2, 0.25) is 16.8 Å². The first kappa shape index (κ1) is 21.8. The van der Waals surface area contributed by atoms with Crippen LogP contribution in [0, 0.1) is 5.92 Å². The maximum Gasteiger partial charge on any atom is 0.252 e. The Balaban J connectivity index is 1.75. The van der Waals surface area contributed by atoms with E-state index < -0.39 is 11.9 Å². The summed E-state index contributed by atoms with van der Waals surface area (Å²) < 4.78 is 15.9. The number of nitrogens with one attached hydrogen (secondary N) is 2. The van der Waals surface area contributed by atoms with Crippen LogP contribution in [0.3, 0.4) is 0 Å². The van der Waals surface area contributed by atoms with Crippen LogP contribution < -0.4 is 24.8 Å². The second kappa shape index (κ2) is 9.29. The van der Waals surface area contributed by atoms with E-state index in [1.54, 1.807) is 12.1 Å². The maximum absolute atomic E-state index is 12.9. The molecule has 1 aromatic heterocycles. The first-order valence-corrected chi connectivity index (χ1v) is 10.4. The molecule has 0 unspecified atom stereocenters. The number of methoxy groups -OCH3 is 3. The molecule has 1 heterocycles. The zero-order valence-corrected chi connectivity index (χ0v) is 18.5. The van der Waals surface area contributed by atoms with Crippen LogP contribution >= 0.6 is 11.3 Å². The molecule has 1 saturated carbocycles. The summed E-state index contributed by atoms with van der Waals surface area (Å²) >= 11 is 1.38. The number of benzene rings is 1. The second-order valence-electron chi connectivity index (χ2n) is 7.32. The van der Waals surface area contributed by atoms with Crippen molar-refractivity contribution >= 4 is 28.3 Å². The second-order valence-corrected chi connectivity index (χ2v) is 8.33. The number of carbonyl (C=O) groups is 2. The SMILES string of the molecule is COc1cc(C(=O)N[C@@H](C(=O)Nc2nnc(C3CC3)s2)C(C)C)cc(OC)c1OC. The third kappa shape index (κ3) is 4.81. The molecule has 2 N–H and O–H groups in total. The summed E-state index contributed by atoms with van der Waals surface area (Å²) in [7, 11) is 4.43. The van der Waals surface area contributed by atoms with Crippen molar-refractivity contribution in [1.82, 2.24) is 15.5 Å². The minimum Gasteiger partial charge on any atom is -0.493 e. The van der Waals surface area contributed by atoms with Crippen molar-refractivity contribution in [3.63, 3.8) is 0 Å². The standard InChI is InChI=1S/C20H26N4O5S/c1-10(2)15(18(26)22-20-24-23-19(30-20)11-6-7-11)21-17(25)12-8-13(27-3)16(29-5)14(9-12)28-4/h8-11,15H,6-7H2,1-5H3,(H,21,25)(H,22,24,26)/t15-/m1/s1. The van der Waals surface area contributed by atoms with Gasteiger partial charge in [0.15, 0.2) is 11.5 Å². The molecule has 0 radical (unpaired) electrons. The van der Waals surface area contributed by atoms with Crippen LogP contribution in [-0.4, -0.2) is 49.4 Å². The average molecular weight is 435 g/mol. The van der Waals surface area contributed by atoms with E-state index in [0.29, 0.717) is 28.3 Å². The Morgan fingerprint density at radius 3 is 2.20 bits per heavy atom. The van der Waals surface area contributed by atoms with Crippen molar-refractivity contribution in [2.45, 2.75) is 38.6 Å². The van der Waals surface area contributed by atoms with Crippen LogP contribution in [0.4, 0.5) is 5.13 Å². The minimum absolute atomic E-state index is 0.146. The van der Waals surface area contributed by atoms with Gasteiger partial charge in [0.05, 0.1) is 21.3 Å². The third-order valence-electron chi connectivity index (χ3n) is 4.76. The van der Waals surface area contributed by atoms with E-state index in [4.69, 9.17) is 14.2 Å². The Bertz CT molecular complexity index is 901. The van der Waals surface area contributed by atoms with Crippen LogP contribution in [0.15, 0.2) is 12.1 Å². The van der Waals surface area contributed by atoms with Gasteiger partial charge in [0.25, 0.3) is 5.91 Å². The van der Waals surface area contributed by atoms with Crippen molar-refractivity contribution in [1.29, 1.82) is 0 Å². The topological polar surface area (TPSA) is 112 Å². The smallest absolute Gasteiger partial charge is 0.252 e. The van der Waals surface area contributed by atoms with E-state index in [1.807, 2.05) is 13.8 Å². The summed E-state index contributed by atoms with van der Waals surface area (Å²) in [4.78, 5) is 25.7. The van der Waals surface area contributed by atoms with E-state index in [1.165, 1.54) is 32.7 Å². The summed E-state index contributed by atoms with van der Waals surface area (Å²) in [5.74, 6) is 0.643. The molecule has 0 saturated heterocycles. The lowest BCUT2D eigenvalue weighted by Gasteiger charge is -2.21. The van der Waals surface area contributed by atoms with E-state index in [-0.39, 0.29) is 17.4 Å². The summed E-state index contributed by atoms with van der Waals surface area (Å²) in [5, 5.41) is 15.1. The highest BCUT2D eigenvalue weighted by Gasteiger charge is 2.30. The monoisotopic (exact) mass is 434 g/mol. The van der Waals surface area contributed by atoms with Crippen molar-refractivity contribution in [2.24, 2.45) is 5.92 Å². The van der Waals surface area contributed by atoms with Gasteiger partial charge in [-0.3, -0.25) is 14.9 Å². The molecule has 0 spiro atoms. The van der Waals surface area contributed by atoms with Crippen LogP contribution in [0.5, 0.6) is 17.2 Å². The van der Waals surface area contributed by atoms with Crippen LogP contribution in [-0.2, 0) is 4.79 Å². The molecule has 9 nitrogen and oxygen atoms in total. The van der Waals surface area contributed by atoms with Gasteiger partial charge >= 0.3 is 0 Å². The van der Waals surface area contributed by atoms with Crippen molar-refractivity contribution in [2.75, 3.05) is 26.6 Å². The fourth-order valence-electron chi connectivity index (χ4n) is 2.94. The zero-order chi connectivity index (χ0) is 21.8. The average Bonchev–Trinajstić information content (AvgIpc) is 3.49. The highest BCUT2D eigenvalue weighted by Crippen LogP contribution is 2.42. The number of nitrogens with zero attached hydrogens (tertiary/aromatic N) is 2. The van der Waals surface area contributed by atoms with Gasteiger partial charge in [-0.2, -0.15) is 0 Å². The molecule has 1 aliphatic rings. The molecule has 1 atom stereocenters. The molecule has 0 bridgehead atoms. The minimum atomic E-state index is -0.759. The number of rotatable bonds is 9. The summed E-state index contributed by atoms with van der Waals surface area (Å²) in [6.45, 7) is 3.71. The third-order valence-corrected chi connectivity index (χ3v) is 5.76. The first-order chi connectivity index (χ1) is 14.4. The molecule has 3 rings (SSSR count). The molecule has 162 valence electrons. The lowest BCUT2D eigenvalue weighted by molar-refractivity contribution is -0.118. The van der Waals surface area contributed by atoms with Crippen molar-refractivity contribution in [3.8, 4) is 17.2 Å². The van der Waals surface area contributed by atoms with E-state index in [0.717, 1.165) is 17.8 Å². The van der Waals surface area contributed by atoms with E-state index in [9.17, 15) is 9.59 Å². The number of carbonyl (C=O) groups excluding carboxylic acids is 2. The maximum atomic E-state index is 12.9. The molecule has 0 aliphatic heterocycles. The molecule has 1 fully saturated rings. The van der Waals surface area contributed by atoms with Gasteiger partial charge in [0, 0.05) is 11.5 Å². The van der Waals surface area contributed by atoms with Crippen LogP contribution in [0.2, 0.25) is 0 Å². The van der Waals surface area contributed by atoms with Crippen molar-refractivity contribution < 1.29 is 23.8 Å². The number of hydrogen-bond acceptors (Lipinski definition) is 8. The summed E-state index contributed by atoms with van der Waals surface area (Å²) in [5.41, 5.74) is 0.287. The molecular weight excluding hydrogens is 408 g/mol. The van der Waals surface area contributed by atoms with Gasteiger partial charge in [0.1, 0.15) is 11.0 Å². The van der Waals surface area contributed by atoms with Gasteiger partial charge < -0.3 is 19.5 Å². The highest BCUT2D eigenvalue weighted by atomic mass is 32.1. The fourth-order valence-corrected chi connectivity index (χ4v) is 3.85. The molecule has 1 aliphatic carbocycles. The summed E-state index contributed by atoms with van der Waals surface area (Å²) in [6.07, 6.45) is 2.23. The Labute approximate surface area is 179 Å². The zero-order valence-electron chi connectivity index (χ0n) is 17.6. The summed E-state index contributed by atoms with van der Waals surface area (Å²) in [6, 6.07) is 2.32. The fraction of sp³-hybridized carbons (Fsp3) is 0.500. The van der Waals surface area contributed by atoms with Gasteiger partial charge in [-0.15, -0.1) is 10.2 Å². The first-order valence-electron chi connectivity index (χ1n) is 9.63. The molecule has 30 heavy (non-hydrogen) atoms. The predicted molar refractivity (Wildman–Crippen MR) is 113 cm³/mol. The quantitative estimate of drug-likeness (QED) is 0.624. The molecule has 2 aromatic rings. The Morgan fingerprint density at radius 1 is 1.07 bits per heavy atom. The van der Waals surface area contributed by atoms with Gasteiger partial charge in [-0.05, 0) is 30.9 Å². The van der Waals surface area contributed by atoms with E-state index in [2.05, 4.69) is 20.8 Å². The van der Waals surface area contributed by atoms with Crippen LogP contribution in [0.1, 0.15) is 48.0 Å². The number of ether oxygens (including phenoxy) is 3. The van der Waals surface area contributed by atoms with Gasteiger partial charge in [-0.1, -0.05) is 25.2 Å². The van der Waals surface area contributed by atoms with Gasteiger partial charge in [-0.25, -0.2) is 0 Å².